The first-order valence-electron chi connectivity index (χ1n) is 34.5. The number of methoxy groups -OCH3 is 1. The molecule has 1 saturated carbocycles. The molecular formula is C78H79Cl2N5O17S2. The molecule has 104 heavy (non-hydrogen) atoms. The number of carboxylic acids is 5. The molecule has 22 nitrogen and oxygen atoms in total. The minimum absolute atomic E-state index is 0.0290. The van der Waals surface area contributed by atoms with E-state index in [1.165, 1.54) is 31.0 Å². The zero-order valence-electron chi connectivity index (χ0n) is 57.9. The summed E-state index contributed by atoms with van der Waals surface area (Å²) in [6, 6.07) is 33.4. The number of aryl methyl sites for hydroxylation is 2. The molecule has 5 aliphatic rings. The van der Waals surface area contributed by atoms with Crippen molar-refractivity contribution < 1.29 is 82.7 Å². The maximum Gasteiger partial charge on any atom is 0.355 e. The Balaban J connectivity index is 0.000000148. The quantitative estimate of drug-likeness (QED) is 0.0355. The Morgan fingerprint density at radius 2 is 1.33 bits per heavy atom. The summed E-state index contributed by atoms with van der Waals surface area (Å²) < 4.78 is 41.7. The van der Waals surface area contributed by atoms with E-state index in [0.29, 0.717) is 97.6 Å². The molecule has 3 aliphatic heterocycles. The molecule has 0 saturated heterocycles. The predicted octanol–water partition coefficient (Wildman–Crippen LogP) is 16.6. The Bertz CT molecular complexity index is 4670. The van der Waals surface area contributed by atoms with Gasteiger partial charge in [0.25, 0.3) is 0 Å². The number of imidazole rings is 1. The van der Waals surface area contributed by atoms with Crippen molar-refractivity contribution in [2.75, 3.05) is 27.5 Å². The second-order valence-electron chi connectivity index (χ2n) is 26.5. The number of carbonyl (C=O) groups is 5. The van der Waals surface area contributed by atoms with Gasteiger partial charge in [-0.1, -0.05) is 125 Å². The maximum atomic E-state index is 13.1. The average molecular weight is 1490 g/mol. The third kappa shape index (κ3) is 16.6. The smallest absolute Gasteiger partial charge is 0.355 e. The molecule has 4 atom stereocenters. The van der Waals surface area contributed by atoms with Gasteiger partial charge >= 0.3 is 29.8 Å². The van der Waals surface area contributed by atoms with Gasteiger partial charge in [-0.15, -0.1) is 11.3 Å². The second-order valence-corrected chi connectivity index (χ2v) is 29.4. The van der Waals surface area contributed by atoms with E-state index >= 15 is 0 Å². The van der Waals surface area contributed by atoms with Gasteiger partial charge in [-0.25, -0.2) is 14.6 Å². The first-order chi connectivity index (χ1) is 50.1. The number of aliphatic carboxylic acids is 3. The van der Waals surface area contributed by atoms with Gasteiger partial charge < -0.3 is 63.3 Å². The fourth-order valence-electron chi connectivity index (χ4n) is 14.0. The molecule has 1 fully saturated rings. The van der Waals surface area contributed by atoms with E-state index in [1.807, 2.05) is 104 Å². The number of unbranched alkanes of at least 4 members (excludes halogenated alkanes) is 1. The molecule has 2 aliphatic carbocycles. The number of pyridine rings is 1. The number of nitrogens with zero attached hydrogens (tertiary/aromatic N) is 5. The summed E-state index contributed by atoms with van der Waals surface area (Å²) in [5, 5.41) is 57.6. The van der Waals surface area contributed by atoms with E-state index in [-0.39, 0.29) is 57.1 Å². The van der Waals surface area contributed by atoms with Crippen LogP contribution in [0.5, 0.6) is 40.2 Å². The summed E-state index contributed by atoms with van der Waals surface area (Å²) in [6.07, 6.45) is 9.79. The number of hydrogen-bond donors (Lipinski definition) is 5. The number of thiophene rings is 1. The van der Waals surface area contributed by atoms with Crippen molar-refractivity contribution in [3.63, 3.8) is 0 Å². The van der Waals surface area contributed by atoms with Crippen molar-refractivity contribution in [3.05, 3.63) is 198 Å². The number of ether oxygens (including phenoxy) is 7. The van der Waals surface area contributed by atoms with E-state index < -0.39 is 53.5 Å². The zero-order valence-corrected chi connectivity index (χ0v) is 61.0. The molecule has 26 heteroatoms. The Hall–Kier alpha value is -9.75. The van der Waals surface area contributed by atoms with Crippen LogP contribution < -0.4 is 33.2 Å². The van der Waals surface area contributed by atoms with Crippen molar-refractivity contribution >= 4 is 76.1 Å². The Morgan fingerprint density at radius 1 is 0.683 bits per heavy atom. The number of aromatic nitrogens is 5. The van der Waals surface area contributed by atoms with Crippen LogP contribution in [0.4, 0.5) is 0 Å². The summed E-state index contributed by atoms with van der Waals surface area (Å²) >= 11 is 15.8. The van der Waals surface area contributed by atoms with Gasteiger partial charge in [-0.05, 0) is 149 Å². The van der Waals surface area contributed by atoms with Crippen LogP contribution in [-0.2, 0) is 53.2 Å². The lowest BCUT2D eigenvalue weighted by atomic mass is 9.78. The molecule has 0 amide bonds. The van der Waals surface area contributed by atoms with Gasteiger partial charge in [0.15, 0.2) is 45.9 Å². The van der Waals surface area contributed by atoms with Gasteiger partial charge in [0, 0.05) is 75.5 Å². The van der Waals surface area contributed by atoms with E-state index in [4.69, 9.17) is 71.5 Å². The number of halogens is 2. The molecule has 4 aromatic heterocycles. The van der Waals surface area contributed by atoms with Crippen LogP contribution in [0.3, 0.4) is 0 Å². The molecule has 5 aromatic carbocycles. The normalized spacial score (nSPS) is 16.3. The maximum absolute atomic E-state index is 13.1. The zero-order chi connectivity index (χ0) is 73.5. The fraction of sp³-hybridized carbons (Fsp3) is 0.359. The third-order valence-electron chi connectivity index (χ3n) is 19.2. The summed E-state index contributed by atoms with van der Waals surface area (Å²) in [5.74, 6) is -2.07. The summed E-state index contributed by atoms with van der Waals surface area (Å²) in [4.78, 5) is 71.9. The van der Waals surface area contributed by atoms with Crippen molar-refractivity contribution in [1.29, 1.82) is 0 Å². The summed E-state index contributed by atoms with van der Waals surface area (Å²) in [5.41, 5.74) is 8.97. The molecule has 9 aromatic rings. The van der Waals surface area contributed by atoms with Gasteiger partial charge in [-0.2, -0.15) is 5.10 Å². The highest BCUT2D eigenvalue weighted by molar-refractivity contribution is 7.99. The standard InChI is InChI=1S/C31H33NO7.C24H23ClN2O6S.C23H23ClN2O4S/c1-4-5-6-20-8-10-23-26(18-7-12-24-25(15-18)39-16-38-24)28(31(35)36)27(29(23)32-20)22-11-9-21(37-3)14-19(22)13-17(2)30(33)34;1-13(2)22-26-23(34-16-6-3-14(4-7-16)5-8-20(28)29)21(24(30)31)27(22)11-15-9-18-19(10-17(15)25)33-12-32-18;24-17-11-19-18(29-13-30-19)10-15(17)9-16-21(20-7-4-8-31-20)25-26(22(16)23(27)28)12-14-5-2-1-3-6-14/h7-12,14-15,17,26-28H,4-6,13,16H2,1-3H3,(H,33,34)(H,35,36);3-4,6-7,9-10,13H,5,8,11-12H2,1-2H3,(H,28,29)(H,30,31);4,7-8,10-11,14H,1-3,5-6,9,12-13H2,(H,27,28)/t17?,26-,27-,28+;;/m0../s1. The molecule has 7 heterocycles. The van der Waals surface area contributed by atoms with E-state index in [2.05, 4.69) is 11.9 Å². The molecule has 0 radical (unpaired) electrons. The minimum Gasteiger partial charge on any atom is -0.497 e. The largest absolute Gasteiger partial charge is 0.497 e. The van der Waals surface area contributed by atoms with E-state index in [1.54, 1.807) is 58.9 Å². The average Bonchev–Trinajstić information content (AvgIpc) is 1.58. The minimum atomic E-state index is -1.09. The van der Waals surface area contributed by atoms with Gasteiger partial charge in [-0.3, -0.25) is 24.0 Å². The number of hydrogen-bond acceptors (Lipinski definition) is 17. The van der Waals surface area contributed by atoms with Crippen LogP contribution in [0.25, 0.3) is 10.6 Å². The summed E-state index contributed by atoms with van der Waals surface area (Å²) in [7, 11) is 1.56. The lowest BCUT2D eigenvalue weighted by Crippen LogP contribution is -2.25. The van der Waals surface area contributed by atoms with E-state index in [0.717, 1.165) is 92.3 Å². The van der Waals surface area contributed by atoms with Crippen molar-refractivity contribution in [2.45, 2.75) is 146 Å². The van der Waals surface area contributed by atoms with Crippen LogP contribution in [0.1, 0.15) is 180 Å². The van der Waals surface area contributed by atoms with Crippen LogP contribution >= 0.6 is 46.3 Å². The Kier molecular flexibility index (Phi) is 23.4. The predicted molar refractivity (Wildman–Crippen MR) is 390 cm³/mol. The molecule has 5 N–H and O–H groups in total. The van der Waals surface area contributed by atoms with Crippen molar-refractivity contribution in [3.8, 4) is 50.8 Å². The molecule has 0 spiro atoms. The van der Waals surface area contributed by atoms with Crippen LogP contribution in [-0.4, -0.2) is 107 Å². The van der Waals surface area contributed by atoms with Gasteiger partial charge in [0.1, 0.15) is 22.3 Å². The topological polar surface area (TPSA) is 300 Å². The number of aromatic carboxylic acids is 2. The summed E-state index contributed by atoms with van der Waals surface area (Å²) in [6.45, 7) is 8.95. The highest BCUT2D eigenvalue weighted by atomic mass is 35.5. The number of fused-ring (bicyclic) bond motifs is 4. The number of benzene rings is 5. The number of carboxylic acid groups (broad SMARTS) is 5. The van der Waals surface area contributed by atoms with Crippen LogP contribution in [0, 0.1) is 17.8 Å². The van der Waals surface area contributed by atoms with Crippen molar-refractivity contribution in [2.24, 2.45) is 17.8 Å². The van der Waals surface area contributed by atoms with Crippen molar-refractivity contribution in [1.82, 2.24) is 24.3 Å². The lowest BCUT2D eigenvalue weighted by Gasteiger charge is -2.25. The SMILES string of the molecule is CC(C)c1nc(Sc2ccc(CCC(=O)O)cc2)c(C(=O)O)n1Cc1cc2c(cc1Cl)OCO2.CCCCc1ccc2c(n1)[C@@H](c1ccc(OC)cc1CC(C)C(=O)O)[C@H](C(=O)O)[C@H]2c1ccc2c(c1)OCO2.O=C(O)c1c(Cc2cc3c(cc2Cl)OCO3)c(-c2cccs2)nn1CC1CCCCC1. The third-order valence-corrected chi connectivity index (χ3v) is 21.8. The van der Waals surface area contributed by atoms with Crippen LogP contribution in [0.2, 0.25) is 10.0 Å². The second kappa shape index (κ2) is 32.9. The lowest BCUT2D eigenvalue weighted by molar-refractivity contribution is -0.143. The first kappa shape index (κ1) is 74.0. The molecule has 0 bridgehead atoms. The highest BCUT2D eigenvalue weighted by Gasteiger charge is 2.49. The van der Waals surface area contributed by atoms with Gasteiger partial charge in [0.2, 0.25) is 20.4 Å². The molecule has 544 valence electrons. The highest BCUT2D eigenvalue weighted by Crippen LogP contribution is 2.54. The molecular weight excluding hydrogens is 1410 g/mol. The monoisotopic (exact) mass is 1490 g/mol. The van der Waals surface area contributed by atoms with Gasteiger partial charge in [0.05, 0.1) is 36.1 Å². The molecule has 1 unspecified atom stereocenters. The van der Waals surface area contributed by atoms with Crippen LogP contribution in [0.15, 0.2) is 124 Å². The van der Waals surface area contributed by atoms with E-state index in [9.17, 15) is 44.4 Å². The number of rotatable bonds is 25. The Morgan fingerprint density at radius 3 is 1.94 bits per heavy atom. The fourth-order valence-corrected chi connectivity index (χ4v) is 16.1. The Labute approximate surface area is 618 Å². The molecule has 14 rings (SSSR count). The first-order valence-corrected chi connectivity index (χ1v) is 37.0.